The van der Waals surface area contributed by atoms with Crippen molar-refractivity contribution >= 4 is 11.9 Å². The Labute approximate surface area is 194 Å². The zero-order valence-electron chi connectivity index (χ0n) is 18.9. The topological polar surface area (TPSA) is 88.9 Å². The maximum Gasteiger partial charge on any atom is 0.231 e. The summed E-state index contributed by atoms with van der Waals surface area (Å²) in [6, 6.07) is 15.0. The van der Waals surface area contributed by atoms with Crippen LogP contribution in [0.1, 0.15) is 23.6 Å². The molecule has 0 bridgehead atoms. The van der Waals surface area contributed by atoms with E-state index in [4.69, 9.17) is 15.0 Å². The largest absolute Gasteiger partial charge is 0.508 e. The monoisotopic (exact) mass is 446 g/mol. The molecule has 8 nitrogen and oxygen atoms in total. The second kappa shape index (κ2) is 9.33. The van der Waals surface area contributed by atoms with Gasteiger partial charge in [-0.15, -0.1) is 0 Å². The third kappa shape index (κ3) is 4.49. The van der Waals surface area contributed by atoms with Crippen molar-refractivity contribution in [2.24, 2.45) is 0 Å². The highest BCUT2D eigenvalue weighted by atomic mass is 16.3. The van der Waals surface area contributed by atoms with E-state index in [9.17, 15) is 10.2 Å². The summed E-state index contributed by atoms with van der Waals surface area (Å²) in [7, 11) is 2.14. The van der Waals surface area contributed by atoms with E-state index in [1.54, 1.807) is 18.2 Å². The summed E-state index contributed by atoms with van der Waals surface area (Å²) >= 11 is 0. The minimum absolute atomic E-state index is 0.0198. The van der Waals surface area contributed by atoms with Gasteiger partial charge in [0.25, 0.3) is 0 Å². The summed E-state index contributed by atoms with van der Waals surface area (Å²) < 4.78 is 0. The molecule has 0 radical (unpaired) electrons. The lowest BCUT2D eigenvalue weighted by Gasteiger charge is -2.36. The van der Waals surface area contributed by atoms with Crippen LogP contribution in [-0.2, 0) is 6.42 Å². The molecule has 1 atom stereocenters. The van der Waals surface area contributed by atoms with Gasteiger partial charge in [-0.25, -0.2) is 0 Å². The Balaban J connectivity index is 1.58. The van der Waals surface area contributed by atoms with Crippen LogP contribution >= 0.6 is 0 Å². The van der Waals surface area contributed by atoms with Gasteiger partial charge in [-0.05, 0) is 49.7 Å². The predicted octanol–water partition coefficient (Wildman–Crippen LogP) is 2.48. The summed E-state index contributed by atoms with van der Waals surface area (Å²) in [6.07, 6.45) is 1.90. The van der Waals surface area contributed by atoms with Crippen molar-refractivity contribution in [3.63, 3.8) is 0 Å². The van der Waals surface area contributed by atoms with Crippen molar-refractivity contribution in [3.8, 4) is 17.1 Å². The third-order valence-electron chi connectivity index (χ3n) is 6.56. The summed E-state index contributed by atoms with van der Waals surface area (Å²) in [6.45, 7) is 4.40. The normalized spacial score (nSPS) is 19.3. The van der Waals surface area contributed by atoms with Gasteiger partial charge in [0.2, 0.25) is 11.9 Å². The number of hydrogen-bond acceptors (Lipinski definition) is 8. The lowest BCUT2D eigenvalue weighted by Crippen LogP contribution is -2.39. The molecule has 1 saturated heterocycles. The molecule has 8 heteroatoms. The fraction of sp³-hybridized carbons (Fsp3) is 0.400. The first kappa shape index (κ1) is 21.6. The first-order chi connectivity index (χ1) is 16.1. The van der Waals surface area contributed by atoms with Crippen LogP contribution in [-0.4, -0.2) is 76.4 Å². The molecular formula is C25H30N6O2. The first-order valence-corrected chi connectivity index (χ1v) is 11.6. The number of benzene rings is 2. The minimum atomic E-state index is -0.211. The first-order valence-electron chi connectivity index (χ1n) is 11.6. The molecule has 2 aliphatic heterocycles. The number of phenolic OH excluding ortho intramolecular Hbond substituents is 1. The van der Waals surface area contributed by atoms with Gasteiger partial charge in [-0.1, -0.05) is 36.4 Å². The molecule has 5 rings (SSSR count). The van der Waals surface area contributed by atoms with Crippen LogP contribution in [0.15, 0.2) is 48.5 Å². The molecule has 0 spiro atoms. The van der Waals surface area contributed by atoms with E-state index < -0.39 is 0 Å². The van der Waals surface area contributed by atoms with Crippen molar-refractivity contribution in [2.45, 2.75) is 18.9 Å². The third-order valence-corrected chi connectivity index (χ3v) is 6.56. The summed E-state index contributed by atoms with van der Waals surface area (Å²) in [5.41, 5.74) is 3.11. The zero-order chi connectivity index (χ0) is 22.8. The standard InChI is InChI=1S/C25H30N6O2/c1-29-11-5-12-30(15-14-29)24-26-23(19-7-4-8-20(33)16-19)27-25(28-24)31-13-10-18-6-2-3-9-21(18)22(31)17-32/h2-4,6-9,16,22,32-33H,5,10-15,17H2,1H3. The molecule has 3 heterocycles. The van der Waals surface area contributed by atoms with Gasteiger partial charge >= 0.3 is 0 Å². The fourth-order valence-corrected chi connectivity index (χ4v) is 4.73. The number of phenols is 1. The van der Waals surface area contributed by atoms with Crippen molar-refractivity contribution in [1.82, 2.24) is 19.9 Å². The second-order valence-corrected chi connectivity index (χ2v) is 8.79. The predicted molar refractivity (Wildman–Crippen MR) is 129 cm³/mol. The number of aliphatic hydroxyl groups excluding tert-OH is 1. The number of aliphatic hydroxyl groups is 1. The van der Waals surface area contributed by atoms with Crippen LogP contribution in [0.3, 0.4) is 0 Å². The number of likely N-dealkylation sites (N-methyl/N-ethyl adjacent to an activating group) is 1. The van der Waals surface area contributed by atoms with Crippen LogP contribution in [0.5, 0.6) is 5.75 Å². The molecule has 33 heavy (non-hydrogen) atoms. The maximum atomic E-state index is 10.3. The average Bonchev–Trinajstić information content (AvgIpc) is 3.07. The van der Waals surface area contributed by atoms with Gasteiger partial charge < -0.3 is 24.9 Å². The molecule has 1 fully saturated rings. The highest BCUT2D eigenvalue weighted by molar-refractivity contribution is 5.61. The SMILES string of the molecule is CN1CCCN(c2nc(-c3cccc(O)c3)nc(N3CCc4ccccc4C3CO)n2)CC1. The van der Waals surface area contributed by atoms with Crippen LogP contribution in [0.25, 0.3) is 11.4 Å². The highest BCUT2D eigenvalue weighted by Crippen LogP contribution is 2.33. The summed E-state index contributed by atoms with van der Waals surface area (Å²) in [5.74, 6) is 1.90. The minimum Gasteiger partial charge on any atom is -0.508 e. The Morgan fingerprint density at radius 2 is 1.76 bits per heavy atom. The van der Waals surface area contributed by atoms with Gasteiger partial charge in [-0.2, -0.15) is 15.0 Å². The number of fused-ring (bicyclic) bond motifs is 1. The van der Waals surface area contributed by atoms with Crippen LogP contribution < -0.4 is 9.80 Å². The summed E-state index contributed by atoms with van der Waals surface area (Å²) in [4.78, 5) is 21.2. The Bertz CT molecular complexity index is 1120. The zero-order valence-corrected chi connectivity index (χ0v) is 18.9. The lowest BCUT2D eigenvalue weighted by atomic mass is 9.93. The van der Waals surface area contributed by atoms with E-state index in [1.807, 2.05) is 18.2 Å². The van der Waals surface area contributed by atoms with E-state index in [0.29, 0.717) is 24.3 Å². The Kier molecular flexibility index (Phi) is 6.11. The Morgan fingerprint density at radius 3 is 2.61 bits per heavy atom. The number of nitrogens with zero attached hydrogens (tertiary/aromatic N) is 6. The summed E-state index contributed by atoms with van der Waals surface area (Å²) in [5, 5.41) is 20.4. The number of hydrogen-bond donors (Lipinski definition) is 2. The second-order valence-electron chi connectivity index (χ2n) is 8.79. The smallest absolute Gasteiger partial charge is 0.231 e. The molecule has 3 aromatic rings. The van der Waals surface area contributed by atoms with E-state index in [0.717, 1.165) is 50.1 Å². The van der Waals surface area contributed by atoms with Crippen molar-refractivity contribution in [3.05, 3.63) is 59.7 Å². The van der Waals surface area contributed by atoms with Crippen molar-refractivity contribution in [2.75, 3.05) is 56.2 Å². The molecule has 0 amide bonds. The molecular weight excluding hydrogens is 416 g/mol. The number of aromatic nitrogens is 3. The molecule has 1 aromatic heterocycles. The lowest BCUT2D eigenvalue weighted by molar-refractivity contribution is 0.256. The number of aromatic hydroxyl groups is 1. The Hall–Kier alpha value is -3.23. The molecule has 172 valence electrons. The molecule has 0 aliphatic carbocycles. The van der Waals surface area contributed by atoms with Gasteiger partial charge in [0, 0.05) is 31.7 Å². The van der Waals surface area contributed by atoms with E-state index in [2.05, 4.69) is 33.9 Å². The van der Waals surface area contributed by atoms with Gasteiger partial charge in [-0.3, -0.25) is 0 Å². The van der Waals surface area contributed by atoms with Gasteiger partial charge in [0.1, 0.15) is 5.75 Å². The van der Waals surface area contributed by atoms with Crippen LogP contribution in [0.4, 0.5) is 11.9 Å². The van der Waals surface area contributed by atoms with Gasteiger partial charge in [0.05, 0.1) is 12.6 Å². The Morgan fingerprint density at radius 1 is 0.909 bits per heavy atom. The van der Waals surface area contributed by atoms with E-state index in [1.165, 1.54) is 5.56 Å². The number of rotatable bonds is 4. The molecule has 2 aliphatic rings. The van der Waals surface area contributed by atoms with Crippen molar-refractivity contribution in [1.29, 1.82) is 0 Å². The molecule has 1 unspecified atom stereocenters. The van der Waals surface area contributed by atoms with Crippen molar-refractivity contribution < 1.29 is 10.2 Å². The van der Waals surface area contributed by atoms with E-state index >= 15 is 0 Å². The molecule has 2 N–H and O–H groups in total. The average molecular weight is 447 g/mol. The van der Waals surface area contributed by atoms with Gasteiger partial charge in [0.15, 0.2) is 5.82 Å². The number of anilines is 2. The van der Waals surface area contributed by atoms with E-state index in [-0.39, 0.29) is 18.4 Å². The highest BCUT2D eigenvalue weighted by Gasteiger charge is 2.30. The molecule has 2 aromatic carbocycles. The molecule has 0 saturated carbocycles. The fourth-order valence-electron chi connectivity index (χ4n) is 4.73. The van der Waals surface area contributed by atoms with Crippen LogP contribution in [0, 0.1) is 0 Å². The quantitative estimate of drug-likeness (QED) is 0.632. The maximum absolute atomic E-state index is 10.3. The van der Waals surface area contributed by atoms with Crippen LogP contribution in [0.2, 0.25) is 0 Å².